The van der Waals surface area contributed by atoms with Crippen molar-refractivity contribution in [2.24, 2.45) is 5.10 Å². The number of methoxy groups -OCH3 is 2. The Balaban J connectivity index is 1.57. The lowest BCUT2D eigenvalue weighted by Gasteiger charge is -2.07. The molecule has 2 aromatic carbocycles. The molecule has 3 aromatic rings. The molecule has 138 valence electrons. The van der Waals surface area contributed by atoms with Gasteiger partial charge in [-0.15, -0.1) is 11.8 Å². The average Bonchev–Trinajstić information content (AvgIpc) is 2.72. The molecule has 7 heteroatoms. The minimum Gasteiger partial charge on any atom is -0.493 e. The molecule has 0 aliphatic rings. The molecule has 1 N–H and O–H groups in total. The third kappa shape index (κ3) is 4.77. The lowest BCUT2D eigenvalue weighted by atomic mass is 10.2. The molecule has 3 rings (SSSR count). The highest BCUT2D eigenvalue weighted by Crippen LogP contribution is 2.27. The highest BCUT2D eigenvalue weighted by molar-refractivity contribution is 8.00. The topological polar surface area (TPSA) is 72.8 Å². The number of pyridine rings is 1. The number of ether oxygens (including phenoxy) is 2. The molecule has 27 heavy (non-hydrogen) atoms. The summed E-state index contributed by atoms with van der Waals surface area (Å²) in [6, 6.07) is 15.2. The second-order valence-corrected chi connectivity index (χ2v) is 6.54. The molecule has 1 amide bonds. The van der Waals surface area contributed by atoms with Crippen molar-refractivity contribution in [1.82, 2.24) is 10.4 Å². The highest BCUT2D eigenvalue weighted by Gasteiger charge is 2.06. The first-order valence-corrected chi connectivity index (χ1v) is 9.20. The Morgan fingerprint density at radius 1 is 1.15 bits per heavy atom. The number of para-hydroxylation sites is 1. The maximum Gasteiger partial charge on any atom is 0.250 e. The number of hydrazone groups is 1. The number of hydrogen-bond donors (Lipinski definition) is 1. The van der Waals surface area contributed by atoms with Gasteiger partial charge in [-0.3, -0.25) is 9.78 Å². The molecule has 0 bridgehead atoms. The van der Waals surface area contributed by atoms with Crippen LogP contribution in [0.5, 0.6) is 11.5 Å². The van der Waals surface area contributed by atoms with Gasteiger partial charge in [0.1, 0.15) is 0 Å². The fraction of sp³-hybridized carbons (Fsp3) is 0.150. The van der Waals surface area contributed by atoms with Crippen LogP contribution in [0.15, 0.2) is 64.7 Å². The van der Waals surface area contributed by atoms with Crippen LogP contribution in [0.25, 0.3) is 10.9 Å². The van der Waals surface area contributed by atoms with Crippen molar-refractivity contribution in [1.29, 1.82) is 0 Å². The molecule has 0 saturated carbocycles. The number of benzene rings is 2. The third-order valence-corrected chi connectivity index (χ3v) is 4.81. The number of thioether (sulfide) groups is 1. The molecule has 0 fully saturated rings. The predicted octanol–water partition coefficient (Wildman–Crippen LogP) is 3.49. The van der Waals surface area contributed by atoms with Crippen molar-refractivity contribution in [3.8, 4) is 11.5 Å². The van der Waals surface area contributed by atoms with E-state index in [2.05, 4.69) is 15.5 Å². The van der Waals surface area contributed by atoms with E-state index in [1.807, 2.05) is 36.4 Å². The smallest absolute Gasteiger partial charge is 0.250 e. The van der Waals surface area contributed by atoms with Gasteiger partial charge in [-0.2, -0.15) is 5.10 Å². The third-order valence-electron chi connectivity index (χ3n) is 3.76. The molecule has 0 aliphatic heterocycles. The van der Waals surface area contributed by atoms with Gasteiger partial charge in [0, 0.05) is 16.5 Å². The van der Waals surface area contributed by atoms with Crippen LogP contribution in [-0.2, 0) is 4.79 Å². The van der Waals surface area contributed by atoms with E-state index in [0.29, 0.717) is 11.5 Å². The van der Waals surface area contributed by atoms with E-state index in [0.717, 1.165) is 21.4 Å². The zero-order valence-corrected chi connectivity index (χ0v) is 15.8. The van der Waals surface area contributed by atoms with E-state index in [4.69, 9.17) is 9.47 Å². The van der Waals surface area contributed by atoms with Crippen LogP contribution in [0.3, 0.4) is 0 Å². The predicted molar refractivity (Wildman–Crippen MR) is 108 cm³/mol. The van der Waals surface area contributed by atoms with Crippen LogP contribution in [0.2, 0.25) is 0 Å². The van der Waals surface area contributed by atoms with E-state index in [-0.39, 0.29) is 11.7 Å². The maximum atomic E-state index is 12.1. The molecule has 0 aliphatic carbocycles. The summed E-state index contributed by atoms with van der Waals surface area (Å²) in [5, 5.41) is 5.05. The van der Waals surface area contributed by atoms with Gasteiger partial charge in [-0.25, -0.2) is 5.43 Å². The van der Waals surface area contributed by atoms with Crippen LogP contribution in [0.1, 0.15) is 5.56 Å². The molecule has 1 aromatic heterocycles. The van der Waals surface area contributed by atoms with E-state index in [1.54, 1.807) is 38.8 Å². The van der Waals surface area contributed by atoms with Gasteiger partial charge in [0.05, 0.1) is 31.7 Å². The number of amides is 1. The number of nitrogens with zero attached hydrogens (tertiary/aromatic N) is 2. The van der Waals surface area contributed by atoms with Crippen LogP contribution in [0, 0.1) is 0 Å². The Kier molecular flexibility index (Phi) is 6.27. The lowest BCUT2D eigenvalue weighted by Crippen LogP contribution is -2.19. The van der Waals surface area contributed by atoms with Gasteiger partial charge in [-0.05, 0) is 35.9 Å². The van der Waals surface area contributed by atoms with Crippen LogP contribution in [0.4, 0.5) is 0 Å². The molecule has 1 heterocycles. The number of carbonyl (C=O) groups excluding carboxylic acids is 1. The summed E-state index contributed by atoms with van der Waals surface area (Å²) < 4.78 is 10.4. The zero-order chi connectivity index (χ0) is 19.1. The van der Waals surface area contributed by atoms with Crippen LogP contribution >= 0.6 is 11.8 Å². The first kappa shape index (κ1) is 18.7. The SMILES string of the molecule is COc1ccc(/C=N\NC(=O)CSc2cccc3cccnc23)cc1OC. The summed E-state index contributed by atoms with van der Waals surface area (Å²) in [5.41, 5.74) is 4.22. The van der Waals surface area contributed by atoms with Crippen molar-refractivity contribution < 1.29 is 14.3 Å². The van der Waals surface area contributed by atoms with Gasteiger partial charge >= 0.3 is 0 Å². The Hall–Kier alpha value is -3.06. The maximum absolute atomic E-state index is 12.1. The zero-order valence-electron chi connectivity index (χ0n) is 15.0. The van der Waals surface area contributed by atoms with Gasteiger partial charge in [0.2, 0.25) is 5.91 Å². The summed E-state index contributed by atoms with van der Waals surface area (Å²) in [6.45, 7) is 0. The van der Waals surface area contributed by atoms with Crippen molar-refractivity contribution in [2.75, 3.05) is 20.0 Å². The quantitative estimate of drug-likeness (QED) is 0.385. The van der Waals surface area contributed by atoms with E-state index in [9.17, 15) is 4.79 Å². The van der Waals surface area contributed by atoms with Gasteiger partial charge < -0.3 is 9.47 Å². The summed E-state index contributed by atoms with van der Waals surface area (Å²) in [5.74, 6) is 1.30. The molecule has 0 unspecified atom stereocenters. The number of nitrogens with one attached hydrogen (secondary N) is 1. The number of fused-ring (bicyclic) bond motifs is 1. The fourth-order valence-corrected chi connectivity index (χ4v) is 3.31. The number of aromatic nitrogens is 1. The summed E-state index contributed by atoms with van der Waals surface area (Å²) in [7, 11) is 3.15. The summed E-state index contributed by atoms with van der Waals surface area (Å²) >= 11 is 1.43. The second kappa shape index (κ2) is 9.05. The Morgan fingerprint density at radius 2 is 1.96 bits per heavy atom. The Bertz CT molecular complexity index is 970. The van der Waals surface area contributed by atoms with Gasteiger partial charge in [0.25, 0.3) is 0 Å². The van der Waals surface area contributed by atoms with Gasteiger partial charge in [-0.1, -0.05) is 18.2 Å². The van der Waals surface area contributed by atoms with E-state index >= 15 is 0 Å². The molecule has 0 atom stereocenters. The van der Waals surface area contributed by atoms with Crippen molar-refractivity contribution in [3.05, 3.63) is 60.3 Å². The largest absolute Gasteiger partial charge is 0.493 e. The van der Waals surface area contributed by atoms with Crippen LogP contribution < -0.4 is 14.9 Å². The minimum atomic E-state index is -0.190. The van der Waals surface area contributed by atoms with E-state index in [1.165, 1.54) is 11.8 Å². The normalized spacial score (nSPS) is 10.9. The summed E-state index contributed by atoms with van der Waals surface area (Å²) in [4.78, 5) is 17.4. The first-order chi connectivity index (χ1) is 13.2. The van der Waals surface area contributed by atoms with E-state index < -0.39 is 0 Å². The minimum absolute atomic E-state index is 0.190. The molecule has 0 spiro atoms. The molecule has 0 saturated heterocycles. The molecule has 0 radical (unpaired) electrons. The highest BCUT2D eigenvalue weighted by atomic mass is 32.2. The molecular formula is C20H19N3O3S. The monoisotopic (exact) mass is 381 g/mol. The number of rotatable bonds is 7. The lowest BCUT2D eigenvalue weighted by molar-refractivity contribution is -0.118. The van der Waals surface area contributed by atoms with Crippen molar-refractivity contribution in [3.63, 3.8) is 0 Å². The van der Waals surface area contributed by atoms with Crippen molar-refractivity contribution >= 4 is 34.8 Å². The molecular weight excluding hydrogens is 362 g/mol. The first-order valence-electron chi connectivity index (χ1n) is 8.21. The van der Waals surface area contributed by atoms with Crippen LogP contribution in [-0.4, -0.2) is 37.1 Å². The number of carbonyl (C=O) groups is 1. The standard InChI is InChI=1S/C20H19N3O3S/c1-25-16-9-8-14(11-17(16)26-2)12-22-23-19(24)13-27-18-7-3-5-15-6-4-10-21-20(15)18/h3-12H,13H2,1-2H3,(H,23,24)/b22-12-. The second-order valence-electron chi connectivity index (χ2n) is 5.53. The van der Waals surface area contributed by atoms with Gasteiger partial charge in [0.15, 0.2) is 11.5 Å². The molecule has 6 nitrogen and oxygen atoms in total. The van der Waals surface area contributed by atoms with Crippen molar-refractivity contribution in [2.45, 2.75) is 4.90 Å². The average molecular weight is 381 g/mol. The summed E-state index contributed by atoms with van der Waals surface area (Å²) in [6.07, 6.45) is 3.31. The Labute approximate surface area is 161 Å². The fourth-order valence-electron chi connectivity index (χ4n) is 2.48. The Morgan fingerprint density at radius 3 is 2.78 bits per heavy atom. The number of hydrogen-bond acceptors (Lipinski definition) is 6.